The van der Waals surface area contributed by atoms with Crippen LogP contribution in [-0.2, 0) is 22.4 Å². The summed E-state index contributed by atoms with van der Waals surface area (Å²) in [7, 11) is 0. The predicted octanol–water partition coefficient (Wildman–Crippen LogP) is 2.60. The van der Waals surface area contributed by atoms with Crippen LogP contribution in [0.1, 0.15) is 18.1 Å². The van der Waals surface area contributed by atoms with Gasteiger partial charge in [0, 0.05) is 12.8 Å². The minimum absolute atomic E-state index is 0.0285. The molecule has 0 radical (unpaired) electrons. The molecule has 1 saturated heterocycles. The molecule has 5 rings (SSSR count). The molecule has 3 heterocycles. The van der Waals surface area contributed by atoms with E-state index in [1.807, 2.05) is 30.3 Å². The summed E-state index contributed by atoms with van der Waals surface area (Å²) in [4.78, 5) is 9.00. The van der Waals surface area contributed by atoms with Gasteiger partial charge in [-0.2, -0.15) is 0 Å². The summed E-state index contributed by atoms with van der Waals surface area (Å²) >= 11 is 0. The van der Waals surface area contributed by atoms with Crippen molar-refractivity contribution in [1.82, 2.24) is 0 Å². The predicted molar refractivity (Wildman–Crippen MR) is 105 cm³/mol. The van der Waals surface area contributed by atoms with Gasteiger partial charge in [0.1, 0.15) is 0 Å². The van der Waals surface area contributed by atoms with E-state index in [-0.39, 0.29) is 25.4 Å². The van der Waals surface area contributed by atoms with Crippen molar-refractivity contribution < 1.29 is 38.7 Å². The Kier molecular flexibility index (Phi) is 5.96. The molecule has 1 fully saturated rings. The molecule has 8 heteroatoms. The third-order valence-electron chi connectivity index (χ3n) is 5.30. The van der Waals surface area contributed by atoms with Gasteiger partial charge in [0.15, 0.2) is 29.3 Å². The van der Waals surface area contributed by atoms with Gasteiger partial charge in [-0.05, 0) is 54.2 Å². The second kappa shape index (κ2) is 8.81. The summed E-state index contributed by atoms with van der Waals surface area (Å²) < 4.78 is 27.2. The Morgan fingerprint density at radius 2 is 1.40 bits per heavy atom. The summed E-state index contributed by atoms with van der Waals surface area (Å²) in [5.41, 5.74) is 2.27. The highest BCUT2D eigenvalue weighted by Crippen LogP contribution is 2.38. The fourth-order valence-electron chi connectivity index (χ4n) is 3.89. The maximum Gasteiger partial charge on any atom is 0.300 e. The maximum atomic E-state index is 10.3. The van der Waals surface area contributed by atoms with Crippen LogP contribution in [0, 0.1) is 11.8 Å². The van der Waals surface area contributed by atoms with Crippen molar-refractivity contribution in [3.8, 4) is 23.0 Å². The molecule has 2 aromatic rings. The van der Waals surface area contributed by atoms with E-state index in [1.165, 1.54) is 0 Å². The molecule has 0 amide bonds. The first-order valence-electron chi connectivity index (χ1n) is 9.76. The molecule has 30 heavy (non-hydrogen) atoms. The quantitative estimate of drug-likeness (QED) is 0.784. The van der Waals surface area contributed by atoms with Crippen LogP contribution in [0.25, 0.3) is 0 Å². The molecule has 2 N–H and O–H groups in total. The molecule has 3 unspecified atom stereocenters. The van der Waals surface area contributed by atoms with Gasteiger partial charge in [0.25, 0.3) is 5.97 Å². The van der Waals surface area contributed by atoms with Gasteiger partial charge in [-0.25, -0.2) is 0 Å². The number of carbonyl (C=O) groups is 1. The van der Waals surface area contributed by atoms with Crippen molar-refractivity contribution in [2.75, 3.05) is 20.2 Å². The lowest BCUT2D eigenvalue weighted by molar-refractivity contribution is -0.134. The number of hydrogen-bond donors (Lipinski definition) is 2. The second-order valence-electron chi connectivity index (χ2n) is 7.45. The number of benzene rings is 2. The number of fused-ring (bicyclic) bond motifs is 2. The molecule has 0 bridgehead atoms. The maximum absolute atomic E-state index is 10.3. The molecule has 3 atom stereocenters. The first kappa shape index (κ1) is 20.3. The van der Waals surface area contributed by atoms with Crippen LogP contribution in [0.15, 0.2) is 36.4 Å². The highest BCUT2D eigenvalue weighted by molar-refractivity contribution is 5.63. The molecule has 3 aliphatic heterocycles. The van der Waals surface area contributed by atoms with E-state index < -0.39 is 12.3 Å². The highest BCUT2D eigenvalue weighted by Gasteiger charge is 2.36. The van der Waals surface area contributed by atoms with Gasteiger partial charge in [-0.3, -0.25) is 4.79 Å². The monoisotopic (exact) mass is 416 g/mol. The van der Waals surface area contributed by atoms with Crippen LogP contribution < -0.4 is 18.9 Å². The summed E-state index contributed by atoms with van der Waals surface area (Å²) in [6.45, 7) is 2.17. The van der Waals surface area contributed by atoms with E-state index in [4.69, 9.17) is 33.6 Å². The van der Waals surface area contributed by atoms with Crippen LogP contribution in [-0.4, -0.2) is 42.7 Å². The van der Waals surface area contributed by atoms with Gasteiger partial charge in [-0.15, -0.1) is 0 Å². The van der Waals surface area contributed by atoms with E-state index in [0.717, 1.165) is 53.9 Å². The lowest BCUT2D eigenvalue weighted by Gasteiger charge is -2.20. The molecular formula is C22H24O8. The van der Waals surface area contributed by atoms with E-state index in [2.05, 4.69) is 6.07 Å². The number of carboxylic acids is 1. The van der Waals surface area contributed by atoms with Gasteiger partial charge in [0.05, 0.1) is 6.61 Å². The largest absolute Gasteiger partial charge is 0.481 e. The van der Waals surface area contributed by atoms with Crippen LogP contribution in [0.4, 0.5) is 0 Å². The Bertz CT molecular complexity index is 908. The van der Waals surface area contributed by atoms with Crippen molar-refractivity contribution in [2.24, 2.45) is 11.8 Å². The van der Waals surface area contributed by atoms with Crippen molar-refractivity contribution in [3.63, 3.8) is 0 Å². The number of hydrogen-bond acceptors (Lipinski definition) is 7. The third-order valence-corrected chi connectivity index (χ3v) is 5.30. The highest BCUT2D eigenvalue weighted by atomic mass is 16.7. The van der Waals surface area contributed by atoms with Crippen molar-refractivity contribution >= 4 is 5.97 Å². The summed E-state index contributed by atoms with van der Waals surface area (Å²) in [5.74, 6) is 2.54. The van der Waals surface area contributed by atoms with Crippen LogP contribution in [0.2, 0.25) is 0 Å². The van der Waals surface area contributed by atoms with Crippen LogP contribution >= 0.6 is 0 Å². The fraction of sp³-hybridized carbons (Fsp3) is 0.409. The first-order valence-corrected chi connectivity index (χ1v) is 9.76. The number of rotatable bonds is 4. The number of ether oxygens (including phenoxy) is 5. The summed E-state index contributed by atoms with van der Waals surface area (Å²) in [6, 6.07) is 11.9. The van der Waals surface area contributed by atoms with Gasteiger partial charge < -0.3 is 33.9 Å². The zero-order valence-electron chi connectivity index (χ0n) is 16.6. The minimum Gasteiger partial charge on any atom is -0.481 e. The van der Waals surface area contributed by atoms with E-state index in [0.29, 0.717) is 6.61 Å². The van der Waals surface area contributed by atoms with E-state index in [1.54, 1.807) is 0 Å². The Morgan fingerprint density at radius 3 is 1.97 bits per heavy atom. The number of carboxylic acid groups (broad SMARTS) is 1. The fourth-order valence-corrected chi connectivity index (χ4v) is 3.89. The van der Waals surface area contributed by atoms with Crippen molar-refractivity contribution in [2.45, 2.75) is 26.1 Å². The second-order valence-corrected chi connectivity index (χ2v) is 7.45. The van der Waals surface area contributed by atoms with E-state index in [9.17, 15) is 5.11 Å². The topological polar surface area (TPSA) is 104 Å². The summed E-state index contributed by atoms with van der Waals surface area (Å²) in [5, 5.41) is 17.7. The zero-order valence-corrected chi connectivity index (χ0v) is 16.6. The normalized spacial score (nSPS) is 23.1. The molecule has 160 valence electrons. The molecule has 0 aliphatic carbocycles. The van der Waals surface area contributed by atoms with Crippen LogP contribution in [0.5, 0.6) is 23.0 Å². The SMILES string of the molecule is CC(=O)O.OC1OCC(Cc2ccc3c(c2)OCO3)C1Cc1ccc2c(c1)OCO2. The molecule has 8 nitrogen and oxygen atoms in total. The Morgan fingerprint density at radius 1 is 0.900 bits per heavy atom. The molecule has 2 aromatic carbocycles. The van der Waals surface area contributed by atoms with Crippen molar-refractivity contribution in [3.05, 3.63) is 47.5 Å². The molecule has 0 aromatic heterocycles. The average molecular weight is 416 g/mol. The summed E-state index contributed by atoms with van der Waals surface area (Å²) in [6.07, 6.45) is 0.801. The Labute approximate surface area is 173 Å². The number of aliphatic hydroxyl groups is 1. The minimum atomic E-state index is -0.833. The van der Waals surface area contributed by atoms with Crippen molar-refractivity contribution in [1.29, 1.82) is 0 Å². The molecule has 0 spiro atoms. The smallest absolute Gasteiger partial charge is 0.300 e. The molecule has 0 saturated carbocycles. The number of aliphatic carboxylic acids is 1. The number of aliphatic hydroxyl groups excluding tert-OH is 1. The molecular weight excluding hydrogens is 392 g/mol. The third kappa shape index (κ3) is 4.60. The van der Waals surface area contributed by atoms with E-state index >= 15 is 0 Å². The van der Waals surface area contributed by atoms with Gasteiger partial charge in [-0.1, -0.05) is 12.1 Å². The zero-order chi connectivity index (χ0) is 21.1. The van der Waals surface area contributed by atoms with Crippen LogP contribution in [0.3, 0.4) is 0 Å². The van der Waals surface area contributed by atoms with Gasteiger partial charge >= 0.3 is 0 Å². The Hall–Kier alpha value is -2.97. The molecule has 3 aliphatic rings. The Balaban J connectivity index is 0.000000503. The van der Waals surface area contributed by atoms with Gasteiger partial charge in [0.2, 0.25) is 13.6 Å². The standard InChI is InChI=1S/C20H20O6.C2H4O2/c21-20-15(6-13-2-4-17-19(8-13)26-11-24-17)14(9-22-20)5-12-1-3-16-18(7-12)25-10-23-16;1-2(3)4/h1-4,7-8,14-15,20-21H,5-6,9-11H2;1H3,(H,3,4). The average Bonchev–Trinajstić information content (AvgIpc) is 3.43. The lowest BCUT2D eigenvalue weighted by Crippen LogP contribution is -2.24. The lowest BCUT2D eigenvalue weighted by atomic mass is 9.84. The first-order chi connectivity index (χ1) is 14.5.